The minimum absolute atomic E-state index is 0.0277. The SMILES string of the molecule is CN(C(=O)CN(c1ccc(Cl)c(C(F)(F)F)c1)S(C)(=O)=O)C1CCCC1. The van der Waals surface area contributed by atoms with Crippen LogP contribution in [0.5, 0.6) is 0 Å². The van der Waals surface area contributed by atoms with Gasteiger partial charge in [-0.15, -0.1) is 0 Å². The summed E-state index contributed by atoms with van der Waals surface area (Å²) in [6.07, 6.45) is -0.242. The predicted octanol–water partition coefficient (Wildman–Crippen LogP) is 3.53. The molecule has 0 N–H and O–H groups in total. The van der Waals surface area contributed by atoms with Crippen molar-refractivity contribution in [1.29, 1.82) is 0 Å². The highest BCUT2D eigenvalue weighted by molar-refractivity contribution is 7.92. The average molecular weight is 413 g/mol. The van der Waals surface area contributed by atoms with Crippen molar-refractivity contribution in [1.82, 2.24) is 4.90 Å². The lowest BCUT2D eigenvalue weighted by molar-refractivity contribution is -0.137. The Balaban J connectivity index is 2.33. The van der Waals surface area contributed by atoms with Gasteiger partial charge in [0.15, 0.2) is 0 Å². The summed E-state index contributed by atoms with van der Waals surface area (Å²) in [6, 6.07) is 2.80. The van der Waals surface area contributed by atoms with Gasteiger partial charge in [0.25, 0.3) is 0 Å². The highest BCUT2D eigenvalue weighted by atomic mass is 35.5. The van der Waals surface area contributed by atoms with Crippen LogP contribution in [0.25, 0.3) is 0 Å². The molecule has 1 aliphatic carbocycles. The Labute approximate surface area is 155 Å². The van der Waals surface area contributed by atoms with Crippen LogP contribution in [-0.4, -0.2) is 45.1 Å². The molecule has 0 spiro atoms. The van der Waals surface area contributed by atoms with E-state index in [-0.39, 0.29) is 11.7 Å². The standard InChI is InChI=1S/C16H20ClF3N2O3S/c1-21(11-5-3-4-6-11)15(23)10-22(26(2,24)25)12-7-8-14(17)13(9-12)16(18,19)20/h7-9,11H,3-6,10H2,1-2H3. The van der Waals surface area contributed by atoms with E-state index in [1.807, 2.05) is 0 Å². The van der Waals surface area contributed by atoms with Crippen molar-refractivity contribution < 1.29 is 26.4 Å². The summed E-state index contributed by atoms with van der Waals surface area (Å²) in [7, 11) is -2.38. The van der Waals surface area contributed by atoms with E-state index in [0.29, 0.717) is 10.4 Å². The Hall–Kier alpha value is -1.48. The highest BCUT2D eigenvalue weighted by Crippen LogP contribution is 2.37. The molecule has 0 atom stereocenters. The summed E-state index contributed by atoms with van der Waals surface area (Å²) in [5.74, 6) is -0.467. The van der Waals surface area contributed by atoms with Crippen molar-refractivity contribution in [3.63, 3.8) is 0 Å². The number of benzene rings is 1. The highest BCUT2D eigenvalue weighted by Gasteiger charge is 2.35. The molecule has 0 heterocycles. The minimum atomic E-state index is -4.74. The zero-order valence-corrected chi connectivity index (χ0v) is 16.0. The number of sulfonamides is 1. The fourth-order valence-corrected chi connectivity index (χ4v) is 4.08. The van der Waals surface area contributed by atoms with E-state index in [1.54, 1.807) is 7.05 Å². The number of rotatable bonds is 5. The number of likely N-dealkylation sites (N-methyl/N-ethyl adjacent to an activating group) is 1. The van der Waals surface area contributed by atoms with E-state index >= 15 is 0 Å². The number of nitrogens with zero attached hydrogens (tertiary/aromatic N) is 2. The smallest absolute Gasteiger partial charge is 0.341 e. The molecule has 1 aromatic rings. The van der Waals surface area contributed by atoms with Crippen LogP contribution in [0.3, 0.4) is 0 Å². The van der Waals surface area contributed by atoms with Gasteiger partial charge < -0.3 is 4.90 Å². The molecule has 5 nitrogen and oxygen atoms in total. The largest absolute Gasteiger partial charge is 0.417 e. The zero-order valence-electron chi connectivity index (χ0n) is 14.4. The summed E-state index contributed by atoms with van der Waals surface area (Å²) in [6.45, 7) is -0.565. The third-order valence-electron chi connectivity index (χ3n) is 4.49. The van der Waals surface area contributed by atoms with Crippen LogP contribution in [0, 0.1) is 0 Å². The lowest BCUT2D eigenvalue weighted by Crippen LogP contribution is -2.44. The number of carbonyl (C=O) groups is 1. The molecule has 26 heavy (non-hydrogen) atoms. The number of carbonyl (C=O) groups excluding carboxylic acids is 1. The molecule has 1 fully saturated rings. The molecule has 10 heteroatoms. The van der Waals surface area contributed by atoms with E-state index < -0.39 is 39.2 Å². The van der Waals surface area contributed by atoms with Crippen molar-refractivity contribution >= 4 is 33.2 Å². The second-order valence-electron chi connectivity index (χ2n) is 6.37. The van der Waals surface area contributed by atoms with Gasteiger partial charge in [-0.1, -0.05) is 24.4 Å². The Morgan fingerprint density at radius 2 is 1.85 bits per heavy atom. The van der Waals surface area contributed by atoms with Crippen LogP contribution >= 0.6 is 11.6 Å². The van der Waals surface area contributed by atoms with E-state index in [2.05, 4.69) is 0 Å². The molecular formula is C16H20ClF3N2O3S. The van der Waals surface area contributed by atoms with Crippen LogP contribution in [0.2, 0.25) is 5.02 Å². The summed E-state index contributed by atoms with van der Waals surface area (Å²) in [5, 5.41) is -0.538. The Bertz CT molecular complexity index is 777. The van der Waals surface area contributed by atoms with E-state index in [0.717, 1.165) is 44.1 Å². The molecule has 0 aromatic heterocycles. The number of alkyl halides is 3. The predicted molar refractivity (Wildman–Crippen MR) is 93.7 cm³/mol. The van der Waals surface area contributed by atoms with Crippen molar-refractivity contribution in [3.8, 4) is 0 Å². The van der Waals surface area contributed by atoms with Gasteiger partial charge in [0.1, 0.15) is 6.54 Å². The van der Waals surface area contributed by atoms with Crippen LogP contribution < -0.4 is 4.31 Å². The third-order valence-corrected chi connectivity index (χ3v) is 5.96. The van der Waals surface area contributed by atoms with Gasteiger partial charge >= 0.3 is 6.18 Å². The van der Waals surface area contributed by atoms with Gasteiger partial charge in [0.2, 0.25) is 15.9 Å². The molecule has 1 amide bonds. The quantitative estimate of drug-likeness (QED) is 0.743. The molecule has 0 bridgehead atoms. The first-order valence-electron chi connectivity index (χ1n) is 8.01. The maximum absolute atomic E-state index is 13.1. The fraction of sp³-hybridized carbons (Fsp3) is 0.562. The van der Waals surface area contributed by atoms with Gasteiger partial charge in [-0.05, 0) is 31.0 Å². The molecule has 1 aliphatic rings. The number of hydrogen-bond acceptors (Lipinski definition) is 3. The second kappa shape index (κ2) is 7.64. The summed E-state index contributed by atoms with van der Waals surface area (Å²) in [5.41, 5.74) is -1.40. The number of halogens is 4. The average Bonchev–Trinajstić information content (AvgIpc) is 3.04. The number of amides is 1. The lowest BCUT2D eigenvalue weighted by atomic mass is 10.2. The molecule has 0 aliphatic heterocycles. The van der Waals surface area contributed by atoms with Gasteiger partial charge in [-0.25, -0.2) is 8.42 Å². The van der Waals surface area contributed by atoms with Gasteiger partial charge in [-0.2, -0.15) is 13.2 Å². The fourth-order valence-electron chi connectivity index (χ4n) is 3.02. The normalized spacial score (nSPS) is 15.9. The Morgan fingerprint density at radius 1 is 1.27 bits per heavy atom. The molecular weight excluding hydrogens is 393 g/mol. The maximum Gasteiger partial charge on any atom is 0.417 e. The Kier molecular flexibility index (Phi) is 6.12. The molecule has 0 unspecified atom stereocenters. The molecule has 2 rings (SSSR count). The summed E-state index contributed by atoms with van der Waals surface area (Å²) < 4.78 is 64.0. The summed E-state index contributed by atoms with van der Waals surface area (Å²) in [4.78, 5) is 14.0. The molecule has 146 valence electrons. The monoisotopic (exact) mass is 412 g/mol. The van der Waals surface area contributed by atoms with Gasteiger partial charge in [0, 0.05) is 13.1 Å². The van der Waals surface area contributed by atoms with Crippen molar-refractivity contribution in [2.45, 2.75) is 37.9 Å². The van der Waals surface area contributed by atoms with Gasteiger partial charge in [-0.3, -0.25) is 9.10 Å². The van der Waals surface area contributed by atoms with E-state index in [1.165, 1.54) is 4.90 Å². The van der Waals surface area contributed by atoms with Crippen LogP contribution in [0.4, 0.5) is 18.9 Å². The van der Waals surface area contributed by atoms with Crippen molar-refractivity contribution in [2.75, 3.05) is 24.2 Å². The third kappa shape index (κ3) is 4.82. The topological polar surface area (TPSA) is 57.7 Å². The molecule has 0 saturated heterocycles. The number of anilines is 1. The minimum Gasteiger partial charge on any atom is -0.341 e. The first-order chi connectivity index (χ1) is 11.9. The molecule has 1 aromatic carbocycles. The first-order valence-corrected chi connectivity index (χ1v) is 10.2. The van der Waals surface area contributed by atoms with Crippen LogP contribution in [0.1, 0.15) is 31.2 Å². The van der Waals surface area contributed by atoms with Crippen molar-refractivity contribution in [2.24, 2.45) is 0 Å². The summed E-state index contributed by atoms with van der Waals surface area (Å²) >= 11 is 5.58. The van der Waals surface area contributed by atoms with Crippen molar-refractivity contribution in [3.05, 3.63) is 28.8 Å². The number of hydrogen-bond donors (Lipinski definition) is 0. The van der Waals surface area contributed by atoms with Crippen LogP contribution in [0.15, 0.2) is 18.2 Å². The molecule has 1 saturated carbocycles. The van der Waals surface area contributed by atoms with E-state index in [4.69, 9.17) is 11.6 Å². The van der Waals surface area contributed by atoms with Gasteiger partial charge in [0.05, 0.1) is 22.5 Å². The van der Waals surface area contributed by atoms with Crippen LogP contribution in [-0.2, 0) is 21.0 Å². The van der Waals surface area contributed by atoms with E-state index in [9.17, 15) is 26.4 Å². The first kappa shape index (κ1) is 20.8. The Morgan fingerprint density at radius 3 is 2.35 bits per heavy atom. The maximum atomic E-state index is 13.1. The lowest BCUT2D eigenvalue weighted by Gasteiger charge is -2.29. The molecule has 0 radical (unpaired) electrons. The zero-order chi connectivity index (χ0) is 19.7. The second-order valence-corrected chi connectivity index (χ2v) is 8.69.